The lowest BCUT2D eigenvalue weighted by Gasteiger charge is -2.14. The lowest BCUT2D eigenvalue weighted by molar-refractivity contribution is -0.0584. The van der Waals surface area contributed by atoms with Crippen molar-refractivity contribution in [3.05, 3.63) is 77.7 Å². The van der Waals surface area contributed by atoms with E-state index in [9.17, 15) is 14.4 Å². The zero-order valence-corrected chi connectivity index (χ0v) is 12.7. The molecule has 0 bridgehead atoms. The highest BCUT2D eigenvalue weighted by molar-refractivity contribution is 6.21. The Morgan fingerprint density at radius 2 is 1.64 bits per heavy atom. The van der Waals surface area contributed by atoms with Crippen LogP contribution in [-0.4, -0.2) is 37.6 Å². The van der Waals surface area contributed by atoms with E-state index in [1.807, 2.05) is 0 Å². The van der Waals surface area contributed by atoms with Crippen LogP contribution in [0.2, 0.25) is 0 Å². The van der Waals surface area contributed by atoms with Crippen LogP contribution in [0.4, 0.5) is 0 Å². The van der Waals surface area contributed by atoms with Crippen molar-refractivity contribution in [1.29, 1.82) is 0 Å². The topological polar surface area (TPSA) is 94.4 Å². The van der Waals surface area contributed by atoms with Gasteiger partial charge in [0.25, 0.3) is 11.8 Å². The molecule has 0 N–H and O–H groups in total. The Labute approximate surface area is 141 Å². The Kier molecular flexibility index (Phi) is 3.35. The molecule has 0 spiro atoms. The molecule has 0 saturated carbocycles. The van der Waals surface area contributed by atoms with E-state index in [4.69, 9.17) is 4.84 Å². The second-order valence-electron chi connectivity index (χ2n) is 5.15. The number of carbonyl (C=O) groups is 3. The van der Waals surface area contributed by atoms with Gasteiger partial charge in [-0.1, -0.05) is 17.2 Å². The standard InChI is InChI=1S/C17H10N4O4/c22-15-11-5-1-2-6-12(11)16(23)21(15)25-17(24)13-7-3-8-18-14(13)20-10-4-9-19-20/h1-10H. The van der Waals surface area contributed by atoms with E-state index in [1.165, 1.54) is 35.3 Å². The number of nitrogens with zero attached hydrogens (tertiary/aromatic N) is 4. The molecule has 1 aromatic carbocycles. The number of imide groups is 1. The van der Waals surface area contributed by atoms with Crippen molar-refractivity contribution in [1.82, 2.24) is 19.8 Å². The first kappa shape index (κ1) is 14.8. The van der Waals surface area contributed by atoms with Crippen molar-refractivity contribution in [2.45, 2.75) is 0 Å². The molecule has 0 aliphatic carbocycles. The van der Waals surface area contributed by atoms with Crippen LogP contribution in [0.1, 0.15) is 31.1 Å². The van der Waals surface area contributed by atoms with Crippen molar-refractivity contribution in [2.24, 2.45) is 0 Å². The van der Waals surface area contributed by atoms with Crippen LogP contribution in [0.25, 0.3) is 5.82 Å². The van der Waals surface area contributed by atoms with Gasteiger partial charge in [-0.3, -0.25) is 9.59 Å². The number of benzene rings is 1. The van der Waals surface area contributed by atoms with Crippen molar-refractivity contribution < 1.29 is 19.2 Å². The second-order valence-corrected chi connectivity index (χ2v) is 5.15. The Morgan fingerprint density at radius 3 is 2.28 bits per heavy atom. The van der Waals surface area contributed by atoms with Gasteiger partial charge in [0.15, 0.2) is 5.82 Å². The summed E-state index contributed by atoms with van der Waals surface area (Å²) >= 11 is 0. The summed E-state index contributed by atoms with van der Waals surface area (Å²) in [6, 6.07) is 11.0. The second kappa shape index (κ2) is 5.68. The van der Waals surface area contributed by atoms with Crippen LogP contribution in [0, 0.1) is 0 Å². The fraction of sp³-hybridized carbons (Fsp3) is 0. The average Bonchev–Trinajstić information content (AvgIpc) is 3.26. The zero-order chi connectivity index (χ0) is 17.4. The highest BCUT2D eigenvalue weighted by Gasteiger charge is 2.39. The van der Waals surface area contributed by atoms with Gasteiger partial charge in [-0.25, -0.2) is 14.5 Å². The average molecular weight is 334 g/mol. The van der Waals surface area contributed by atoms with E-state index in [0.717, 1.165) is 0 Å². The summed E-state index contributed by atoms with van der Waals surface area (Å²) in [5.41, 5.74) is 0.459. The normalized spacial score (nSPS) is 13.0. The monoisotopic (exact) mass is 334 g/mol. The van der Waals surface area contributed by atoms with E-state index in [1.54, 1.807) is 30.5 Å². The molecule has 2 amide bonds. The van der Waals surface area contributed by atoms with Gasteiger partial charge in [0.2, 0.25) is 0 Å². The number of hydrogen-bond acceptors (Lipinski definition) is 6. The summed E-state index contributed by atoms with van der Waals surface area (Å²) in [6.45, 7) is 0. The van der Waals surface area contributed by atoms with Gasteiger partial charge in [0, 0.05) is 18.6 Å². The van der Waals surface area contributed by atoms with E-state index < -0.39 is 17.8 Å². The molecule has 0 fully saturated rings. The van der Waals surface area contributed by atoms with E-state index in [-0.39, 0.29) is 22.5 Å². The molecule has 0 unspecified atom stereocenters. The van der Waals surface area contributed by atoms with Crippen molar-refractivity contribution in [2.75, 3.05) is 0 Å². The molecule has 1 aliphatic heterocycles. The molecule has 0 atom stereocenters. The molecular weight excluding hydrogens is 324 g/mol. The Hall–Kier alpha value is -3.81. The van der Waals surface area contributed by atoms with Gasteiger partial charge in [-0.05, 0) is 30.3 Å². The lowest BCUT2D eigenvalue weighted by Crippen LogP contribution is -2.33. The number of amides is 2. The zero-order valence-electron chi connectivity index (χ0n) is 12.7. The van der Waals surface area contributed by atoms with Gasteiger partial charge in [-0.15, -0.1) is 0 Å². The van der Waals surface area contributed by atoms with Gasteiger partial charge in [0.1, 0.15) is 5.56 Å². The molecule has 1 aliphatic rings. The third kappa shape index (κ3) is 2.36. The quantitative estimate of drug-likeness (QED) is 0.676. The molecule has 2 aromatic heterocycles. The minimum atomic E-state index is -0.881. The minimum Gasteiger partial charge on any atom is -0.324 e. The molecule has 122 valence electrons. The Balaban J connectivity index is 1.65. The summed E-state index contributed by atoms with van der Waals surface area (Å²) in [5, 5.41) is 4.49. The summed E-state index contributed by atoms with van der Waals surface area (Å²) in [6.07, 6.45) is 4.64. The Bertz CT molecular complexity index is 962. The maximum atomic E-state index is 12.5. The molecule has 8 nitrogen and oxygen atoms in total. The molecule has 3 heterocycles. The minimum absolute atomic E-state index is 0.0720. The first-order valence-electron chi connectivity index (χ1n) is 7.32. The molecule has 4 rings (SSSR count). The number of aromatic nitrogens is 3. The fourth-order valence-corrected chi connectivity index (χ4v) is 2.52. The van der Waals surface area contributed by atoms with Crippen LogP contribution in [0.5, 0.6) is 0 Å². The molecule has 3 aromatic rings. The molecule has 0 saturated heterocycles. The molecule has 0 radical (unpaired) electrons. The number of hydrogen-bond donors (Lipinski definition) is 0. The van der Waals surface area contributed by atoms with Crippen LogP contribution in [0.15, 0.2) is 61.1 Å². The third-order valence-corrected chi connectivity index (χ3v) is 3.66. The van der Waals surface area contributed by atoms with Crippen molar-refractivity contribution >= 4 is 17.8 Å². The van der Waals surface area contributed by atoms with Gasteiger partial charge in [-0.2, -0.15) is 5.10 Å². The molecule has 25 heavy (non-hydrogen) atoms. The van der Waals surface area contributed by atoms with Crippen molar-refractivity contribution in [3.8, 4) is 5.82 Å². The van der Waals surface area contributed by atoms with E-state index >= 15 is 0 Å². The summed E-state index contributed by atoms with van der Waals surface area (Å²) in [5.74, 6) is -2.01. The van der Waals surface area contributed by atoms with Gasteiger partial charge >= 0.3 is 5.97 Å². The molecule has 8 heteroatoms. The van der Waals surface area contributed by atoms with E-state index in [0.29, 0.717) is 5.06 Å². The summed E-state index contributed by atoms with van der Waals surface area (Å²) in [4.78, 5) is 46.2. The maximum absolute atomic E-state index is 12.5. The van der Waals surface area contributed by atoms with Crippen LogP contribution in [0.3, 0.4) is 0 Å². The SMILES string of the molecule is O=C(ON1C(=O)c2ccccc2C1=O)c1cccnc1-n1cccn1. The number of rotatable bonds is 3. The smallest absolute Gasteiger partial charge is 0.324 e. The number of hydroxylamine groups is 2. The number of pyridine rings is 1. The number of fused-ring (bicyclic) bond motifs is 1. The van der Waals surface area contributed by atoms with Crippen LogP contribution in [-0.2, 0) is 4.84 Å². The van der Waals surface area contributed by atoms with Crippen LogP contribution >= 0.6 is 0 Å². The first-order valence-corrected chi connectivity index (χ1v) is 7.32. The molecular formula is C17H10N4O4. The lowest BCUT2D eigenvalue weighted by atomic mass is 10.1. The van der Waals surface area contributed by atoms with Gasteiger partial charge < -0.3 is 4.84 Å². The highest BCUT2D eigenvalue weighted by atomic mass is 16.7. The van der Waals surface area contributed by atoms with Gasteiger partial charge in [0.05, 0.1) is 11.1 Å². The first-order chi connectivity index (χ1) is 12.2. The van der Waals surface area contributed by atoms with E-state index in [2.05, 4.69) is 10.1 Å². The fourth-order valence-electron chi connectivity index (χ4n) is 2.52. The predicted octanol–water partition coefficient (Wildman–Crippen LogP) is 1.64. The third-order valence-electron chi connectivity index (χ3n) is 3.66. The maximum Gasteiger partial charge on any atom is 0.367 e. The highest BCUT2D eigenvalue weighted by Crippen LogP contribution is 2.24. The predicted molar refractivity (Wildman–Crippen MR) is 83.7 cm³/mol. The summed E-state index contributed by atoms with van der Waals surface area (Å²) in [7, 11) is 0. The Morgan fingerprint density at radius 1 is 0.920 bits per heavy atom. The van der Waals surface area contributed by atoms with Crippen molar-refractivity contribution in [3.63, 3.8) is 0 Å². The largest absolute Gasteiger partial charge is 0.367 e. The number of carbonyl (C=O) groups excluding carboxylic acids is 3. The summed E-state index contributed by atoms with van der Waals surface area (Å²) < 4.78 is 1.39. The van der Waals surface area contributed by atoms with Crippen LogP contribution < -0.4 is 0 Å².